The SMILES string of the molecule is Nc1ccc(-c2ccccc2)cc1NCc1ccc(CNC(=O)[C@@H]2CCCN2)cc1. The van der Waals surface area contributed by atoms with E-state index < -0.39 is 0 Å². The van der Waals surface area contributed by atoms with E-state index in [4.69, 9.17) is 5.73 Å². The van der Waals surface area contributed by atoms with Crippen LogP contribution in [0.3, 0.4) is 0 Å². The van der Waals surface area contributed by atoms with Crippen molar-refractivity contribution in [2.24, 2.45) is 0 Å². The van der Waals surface area contributed by atoms with Gasteiger partial charge in [-0.25, -0.2) is 0 Å². The van der Waals surface area contributed by atoms with Gasteiger partial charge in [0.2, 0.25) is 5.91 Å². The topological polar surface area (TPSA) is 79.2 Å². The molecule has 4 rings (SSSR count). The highest BCUT2D eigenvalue weighted by atomic mass is 16.2. The van der Waals surface area contributed by atoms with Gasteiger partial charge < -0.3 is 21.7 Å². The molecule has 1 atom stereocenters. The summed E-state index contributed by atoms with van der Waals surface area (Å²) in [6, 6.07) is 24.6. The van der Waals surface area contributed by atoms with Crippen molar-refractivity contribution in [2.75, 3.05) is 17.6 Å². The molecule has 1 saturated heterocycles. The molecule has 0 aromatic heterocycles. The summed E-state index contributed by atoms with van der Waals surface area (Å²) < 4.78 is 0. The average Bonchev–Trinajstić information content (AvgIpc) is 3.33. The summed E-state index contributed by atoms with van der Waals surface area (Å²) >= 11 is 0. The summed E-state index contributed by atoms with van der Waals surface area (Å²) in [4.78, 5) is 12.1. The van der Waals surface area contributed by atoms with E-state index in [1.54, 1.807) is 0 Å². The van der Waals surface area contributed by atoms with E-state index in [1.165, 1.54) is 5.56 Å². The summed E-state index contributed by atoms with van der Waals surface area (Å²) in [5.41, 5.74) is 12.4. The number of hydrogen-bond donors (Lipinski definition) is 4. The first kappa shape index (κ1) is 20.0. The Bertz CT molecular complexity index is 980. The van der Waals surface area contributed by atoms with Crippen LogP contribution in [0.4, 0.5) is 11.4 Å². The van der Waals surface area contributed by atoms with Crippen molar-refractivity contribution in [1.29, 1.82) is 0 Å². The molecule has 5 heteroatoms. The van der Waals surface area contributed by atoms with Crippen molar-refractivity contribution in [3.8, 4) is 11.1 Å². The summed E-state index contributed by atoms with van der Waals surface area (Å²) in [6.07, 6.45) is 1.99. The molecule has 1 fully saturated rings. The molecule has 1 aliphatic rings. The van der Waals surface area contributed by atoms with E-state index in [9.17, 15) is 4.79 Å². The van der Waals surface area contributed by atoms with E-state index >= 15 is 0 Å². The lowest BCUT2D eigenvalue weighted by Gasteiger charge is -2.13. The Morgan fingerprint density at radius 2 is 1.67 bits per heavy atom. The van der Waals surface area contributed by atoms with E-state index in [2.05, 4.69) is 58.4 Å². The Balaban J connectivity index is 1.33. The van der Waals surface area contributed by atoms with Gasteiger partial charge >= 0.3 is 0 Å². The van der Waals surface area contributed by atoms with Crippen LogP contribution >= 0.6 is 0 Å². The molecular formula is C25H28N4O. The maximum atomic E-state index is 12.1. The highest BCUT2D eigenvalue weighted by Crippen LogP contribution is 2.27. The number of nitrogen functional groups attached to an aromatic ring is 1. The lowest BCUT2D eigenvalue weighted by molar-refractivity contribution is -0.122. The minimum atomic E-state index is -0.0365. The van der Waals surface area contributed by atoms with Gasteiger partial charge in [0.05, 0.1) is 17.4 Å². The van der Waals surface area contributed by atoms with Gasteiger partial charge in [-0.1, -0.05) is 60.7 Å². The van der Waals surface area contributed by atoms with Gasteiger partial charge in [-0.05, 0) is 53.8 Å². The molecule has 1 heterocycles. The predicted octanol–water partition coefficient (Wildman–Crippen LogP) is 3.92. The van der Waals surface area contributed by atoms with Gasteiger partial charge in [-0.2, -0.15) is 0 Å². The van der Waals surface area contributed by atoms with Crippen LogP contribution in [0.15, 0.2) is 72.8 Å². The van der Waals surface area contributed by atoms with Crippen molar-refractivity contribution in [2.45, 2.75) is 32.0 Å². The number of anilines is 2. The number of rotatable bonds is 7. The Hall–Kier alpha value is -3.31. The molecule has 5 nitrogen and oxygen atoms in total. The highest BCUT2D eigenvalue weighted by molar-refractivity contribution is 5.82. The van der Waals surface area contributed by atoms with Crippen molar-refractivity contribution in [1.82, 2.24) is 10.6 Å². The number of nitrogens with one attached hydrogen (secondary N) is 3. The molecule has 3 aromatic rings. The molecule has 3 aromatic carbocycles. The first-order valence-corrected chi connectivity index (χ1v) is 10.5. The molecular weight excluding hydrogens is 372 g/mol. The lowest BCUT2D eigenvalue weighted by Crippen LogP contribution is -2.39. The number of nitrogens with two attached hydrogens (primary N) is 1. The number of benzene rings is 3. The fourth-order valence-corrected chi connectivity index (χ4v) is 3.71. The minimum Gasteiger partial charge on any atom is -0.397 e. The fourth-order valence-electron chi connectivity index (χ4n) is 3.71. The summed E-state index contributed by atoms with van der Waals surface area (Å²) in [5.74, 6) is 0.0898. The van der Waals surface area contributed by atoms with Crippen molar-refractivity contribution in [3.05, 3.63) is 83.9 Å². The highest BCUT2D eigenvalue weighted by Gasteiger charge is 2.21. The summed E-state index contributed by atoms with van der Waals surface area (Å²) in [7, 11) is 0. The second-order valence-electron chi connectivity index (χ2n) is 7.70. The molecule has 1 amide bonds. The van der Waals surface area contributed by atoms with Crippen LogP contribution < -0.4 is 21.7 Å². The number of carbonyl (C=O) groups is 1. The maximum absolute atomic E-state index is 12.1. The summed E-state index contributed by atoms with van der Waals surface area (Å²) in [6.45, 7) is 2.16. The average molecular weight is 401 g/mol. The first-order valence-electron chi connectivity index (χ1n) is 10.5. The Labute approximate surface area is 177 Å². The van der Waals surface area contributed by atoms with E-state index in [0.29, 0.717) is 13.1 Å². The van der Waals surface area contributed by atoms with Crippen molar-refractivity contribution in [3.63, 3.8) is 0 Å². The number of carbonyl (C=O) groups excluding carboxylic acids is 1. The van der Waals surface area contributed by atoms with E-state index in [-0.39, 0.29) is 11.9 Å². The fraction of sp³-hybridized carbons (Fsp3) is 0.240. The van der Waals surface area contributed by atoms with Crippen molar-refractivity contribution < 1.29 is 4.79 Å². The molecule has 30 heavy (non-hydrogen) atoms. The van der Waals surface area contributed by atoms with E-state index in [0.717, 1.165) is 47.5 Å². The molecule has 0 unspecified atom stereocenters. The van der Waals surface area contributed by atoms with Crippen LogP contribution in [-0.2, 0) is 17.9 Å². The van der Waals surface area contributed by atoms with Gasteiger partial charge in [0.1, 0.15) is 0 Å². The number of amides is 1. The molecule has 0 bridgehead atoms. The smallest absolute Gasteiger partial charge is 0.237 e. The van der Waals surface area contributed by atoms with Crippen LogP contribution in [0.2, 0.25) is 0 Å². The molecule has 5 N–H and O–H groups in total. The zero-order valence-electron chi connectivity index (χ0n) is 17.0. The van der Waals surface area contributed by atoms with Crippen LogP contribution in [-0.4, -0.2) is 18.5 Å². The second kappa shape index (κ2) is 9.46. The normalized spacial score (nSPS) is 15.7. The largest absolute Gasteiger partial charge is 0.397 e. The Morgan fingerprint density at radius 3 is 2.37 bits per heavy atom. The molecule has 0 aliphatic carbocycles. The van der Waals surface area contributed by atoms with E-state index in [1.807, 2.05) is 30.3 Å². The van der Waals surface area contributed by atoms with Gasteiger partial charge in [-0.15, -0.1) is 0 Å². The Kier molecular flexibility index (Phi) is 6.30. The standard InChI is InChI=1S/C25H28N4O/c26-22-13-12-21(20-5-2-1-3-6-20)15-24(22)28-16-18-8-10-19(11-9-18)17-29-25(30)23-7-4-14-27-23/h1-3,5-6,8-13,15,23,27-28H,4,7,14,16-17,26H2,(H,29,30)/t23-/m0/s1. The Morgan fingerprint density at radius 1 is 0.933 bits per heavy atom. The molecule has 0 radical (unpaired) electrons. The maximum Gasteiger partial charge on any atom is 0.237 e. The van der Waals surface area contributed by atoms with Crippen LogP contribution in [0.1, 0.15) is 24.0 Å². The molecule has 1 aliphatic heterocycles. The summed E-state index contributed by atoms with van der Waals surface area (Å²) in [5, 5.41) is 9.68. The monoisotopic (exact) mass is 400 g/mol. The molecule has 154 valence electrons. The minimum absolute atomic E-state index is 0.0365. The first-order chi connectivity index (χ1) is 14.7. The zero-order valence-corrected chi connectivity index (χ0v) is 17.0. The zero-order chi connectivity index (χ0) is 20.8. The van der Waals surface area contributed by atoms with Gasteiger partial charge in [0.15, 0.2) is 0 Å². The van der Waals surface area contributed by atoms with Crippen LogP contribution in [0, 0.1) is 0 Å². The van der Waals surface area contributed by atoms with Crippen LogP contribution in [0.25, 0.3) is 11.1 Å². The van der Waals surface area contributed by atoms with Gasteiger partial charge in [-0.3, -0.25) is 4.79 Å². The third kappa shape index (κ3) is 4.99. The predicted molar refractivity (Wildman–Crippen MR) is 123 cm³/mol. The van der Waals surface area contributed by atoms with Crippen LogP contribution in [0.5, 0.6) is 0 Å². The molecule has 0 spiro atoms. The third-order valence-corrected chi connectivity index (χ3v) is 5.51. The number of hydrogen-bond acceptors (Lipinski definition) is 4. The van der Waals surface area contributed by atoms with Crippen molar-refractivity contribution >= 4 is 17.3 Å². The molecule has 0 saturated carbocycles. The third-order valence-electron chi connectivity index (χ3n) is 5.51. The lowest BCUT2D eigenvalue weighted by atomic mass is 10.0. The van der Waals surface area contributed by atoms with Gasteiger partial charge in [0.25, 0.3) is 0 Å². The second-order valence-corrected chi connectivity index (χ2v) is 7.70. The quantitative estimate of drug-likeness (QED) is 0.453. The van der Waals surface area contributed by atoms with Gasteiger partial charge in [0, 0.05) is 13.1 Å².